The van der Waals surface area contributed by atoms with Gasteiger partial charge in [0.2, 0.25) is 0 Å². The highest BCUT2D eigenvalue weighted by molar-refractivity contribution is 7.09. The van der Waals surface area contributed by atoms with Crippen LogP contribution in [0, 0.1) is 5.92 Å². The Morgan fingerprint density at radius 2 is 1.61 bits per heavy atom. The van der Waals surface area contributed by atoms with Gasteiger partial charge in [0.1, 0.15) is 6.54 Å². The van der Waals surface area contributed by atoms with Crippen LogP contribution in [-0.4, -0.2) is 55.2 Å². The fourth-order valence-electron chi connectivity index (χ4n) is 5.69. The van der Waals surface area contributed by atoms with Crippen molar-refractivity contribution in [3.05, 3.63) is 94.2 Å². The third-order valence-electron chi connectivity index (χ3n) is 7.70. The minimum Gasteiger partial charge on any atom is -0.834 e. The SMILES string of the molecule is O=C(C[N+]12CCC(CC1)C(OC(=O)C([O-])(c1ccccc1)c1ccccc1)C2)NCCc1cccs1. The highest BCUT2D eigenvalue weighted by atomic mass is 32.1. The van der Waals surface area contributed by atoms with Crippen molar-refractivity contribution in [1.82, 2.24) is 5.32 Å². The summed E-state index contributed by atoms with van der Waals surface area (Å²) in [6.45, 7) is 3.38. The molecule has 7 heteroatoms. The summed E-state index contributed by atoms with van der Waals surface area (Å²) in [6.07, 6.45) is 2.25. The molecule has 0 spiro atoms. The lowest BCUT2D eigenvalue weighted by Crippen LogP contribution is -2.67. The molecule has 1 N–H and O–H groups in total. The lowest BCUT2D eigenvalue weighted by atomic mass is 9.82. The average Bonchev–Trinajstić information content (AvgIpc) is 3.43. The molecular weight excluding hydrogens is 472 g/mol. The third kappa shape index (κ3) is 5.09. The molecule has 1 atom stereocenters. The number of ether oxygens (including phenoxy) is 1. The van der Waals surface area contributed by atoms with Gasteiger partial charge in [0.25, 0.3) is 5.91 Å². The van der Waals surface area contributed by atoms with Gasteiger partial charge in [0.15, 0.2) is 12.6 Å². The molecule has 6 rings (SSSR count). The van der Waals surface area contributed by atoms with Crippen molar-refractivity contribution in [3.8, 4) is 0 Å². The summed E-state index contributed by atoms with van der Waals surface area (Å²) in [6, 6.07) is 21.6. The van der Waals surface area contributed by atoms with E-state index in [4.69, 9.17) is 4.74 Å². The van der Waals surface area contributed by atoms with Gasteiger partial charge in [-0.3, -0.25) is 9.59 Å². The van der Waals surface area contributed by atoms with E-state index < -0.39 is 11.6 Å². The van der Waals surface area contributed by atoms with Crippen LogP contribution in [0.1, 0.15) is 28.8 Å². The van der Waals surface area contributed by atoms with Gasteiger partial charge in [0.05, 0.1) is 13.1 Å². The standard InChI is InChI=1S/C29H32N2O4S/c32-27(30-16-13-25-12-7-19-36-25)21-31-17-14-22(15-18-31)26(20-31)35-28(33)29(34,23-8-3-1-4-9-23)24-10-5-2-6-11-24/h1-12,19,22,26H,13-18,20-21H2,(H,30,32). The molecule has 188 valence electrons. The zero-order valence-electron chi connectivity index (χ0n) is 20.3. The van der Waals surface area contributed by atoms with Gasteiger partial charge >= 0.3 is 5.97 Å². The number of hydrogen-bond acceptors (Lipinski definition) is 5. The average molecular weight is 505 g/mol. The molecule has 3 fully saturated rings. The van der Waals surface area contributed by atoms with E-state index in [0.29, 0.717) is 35.2 Å². The largest absolute Gasteiger partial charge is 0.834 e. The first-order valence-electron chi connectivity index (χ1n) is 12.7. The van der Waals surface area contributed by atoms with E-state index in [0.717, 1.165) is 32.4 Å². The number of benzene rings is 2. The molecule has 3 aliphatic heterocycles. The number of nitrogens with zero attached hydrogens (tertiary/aromatic N) is 1. The fraction of sp³-hybridized carbons (Fsp3) is 0.379. The van der Waals surface area contributed by atoms with Gasteiger partial charge in [0, 0.05) is 35.8 Å². The number of carbonyl (C=O) groups excluding carboxylic acids is 2. The second-order valence-corrected chi connectivity index (χ2v) is 11.0. The van der Waals surface area contributed by atoms with Gasteiger partial charge in [-0.1, -0.05) is 66.7 Å². The Bertz CT molecular complexity index is 1120. The molecule has 3 aliphatic rings. The van der Waals surface area contributed by atoms with Crippen LogP contribution in [0.3, 0.4) is 0 Å². The number of thiophene rings is 1. The Hall–Kier alpha value is -3.00. The van der Waals surface area contributed by atoms with Gasteiger partial charge in [-0.15, -0.1) is 11.3 Å². The van der Waals surface area contributed by atoms with E-state index >= 15 is 0 Å². The highest BCUT2D eigenvalue weighted by Crippen LogP contribution is 2.37. The quantitative estimate of drug-likeness (QED) is 0.359. The first-order valence-corrected chi connectivity index (χ1v) is 13.5. The number of hydrogen-bond donors (Lipinski definition) is 1. The normalized spacial score (nSPS) is 23.2. The maximum atomic E-state index is 14.2. The molecule has 1 unspecified atom stereocenters. The van der Waals surface area contributed by atoms with Gasteiger partial charge in [-0.05, 0) is 29.0 Å². The lowest BCUT2D eigenvalue weighted by Gasteiger charge is -2.52. The number of nitrogens with one attached hydrogen (secondary N) is 1. The van der Waals surface area contributed by atoms with Crippen LogP contribution < -0.4 is 10.4 Å². The second kappa shape index (κ2) is 10.5. The van der Waals surface area contributed by atoms with Crippen molar-refractivity contribution in [3.63, 3.8) is 0 Å². The van der Waals surface area contributed by atoms with E-state index in [-0.39, 0.29) is 17.9 Å². The van der Waals surface area contributed by atoms with Crippen molar-refractivity contribution >= 4 is 23.2 Å². The molecule has 4 heterocycles. The third-order valence-corrected chi connectivity index (χ3v) is 8.64. The molecule has 2 aromatic carbocycles. The van der Waals surface area contributed by atoms with Crippen LogP contribution >= 0.6 is 11.3 Å². The van der Waals surface area contributed by atoms with E-state index in [1.165, 1.54) is 4.88 Å². The summed E-state index contributed by atoms with van der Waals surface area (Å²) in [5, 5.41) is 19.3. The topological polar surface area (TPSA) is 78.5 Å². The first-order chi connectivity index (χ1) is 17.5. The number of fused-ring (bicyclic) bond motifs is 3. The Balaban J connectivity index is 1.27. The molecule has 1 amide bonds. The molecule has 2 bridgehead atoms. The predicted molar refractivity (Wildman–Crippen MR) is 137 cm³/mol. The van der Waals surface area contributed by atoms with Crippen molar-refractivity contribution in [1.29, 1.82) is 0 Å². The van der Waals surface area contributed by atoms with Crippen LogP contribution in [0.15, 0.2) is 78.2 Å². The van der Waals surface area contributed by atoms with Crippen LogP contribution in [0.4, 0.5) is 0 Å². The molecular formula is C29H32N2O4S. The predicted octanol–water partition coefficient (Wildman–Crippen LogP) is 2.86. The molecule has 6 nitrogen and oxygen atoms in total. The zero-order valence-corrected chi connectivity index (χ0v) is 21.1. The Morgan fingerprint density at radius 3 is 2.19 bits per heavy atom. The number of esters is 1. The first kappa shape index (κ1) is 24.7. The molecule has 3 aromatic rings. The number of amides is 1. The minimum atomic E-state index is -2.14. The summed E-state index contributed by atoms with van der Waals surface area (Å²) >= 11 is 1.70. The summed E-state index contributed by atoms with van der Waals surface area (Å²) < 4.78 is 6.65. The molecule has 0 radical (unpaired) electrons. The van der Waals surface area contributed by atoms with Gasteiger partial charge in [-0.25, -0.2) is 0 Å². The summed E-state index contributed by atoms with van der Waals surface area (Å²) in [7, 11) is 0. The number of carbonyl (C=O) groups is 2. The monoisotopic (exact) mass is 504 g/mol. The molecule has 0 aliphatic carbocycles. The number of quaternary nitrogens is 1. The Labute approximate surface area is 216 Å². The van der Waals surface area contributed by atoms with Crippen molar-refractivity contribution in [2.24, 2.45) is 5.92 Å². The lowest BCUT2D eigenvalue weighted by molar-refractivity contribution is -0.939. The smallest absolute Gasteiger partial charge is 0.304 e. The molecule has 36 heavy (non-hydrogen) atoms. The fourth-order valence-corrected chi connectivity index (χ4v) is 6.39. The summed E-state index contributed by atoms with van der Waals surface area (Å²) in [4.78, 5) is 27.6. The van der Waals surface area contributed by atoms with Crippen LogP contribution in [-0.2, 0) is 26.3 Å². The second-order valence-electron chi connectivity index (χ2n) is 10.0. The summed E-state index contributed by atoms with van der Waals surface area (Å²) in [5.41, 5.74) is -1.40. The van der Waals surface area contributed by atoms with Crippen molar-refractivity contribution in [2.45, 2.75) is 31.0 Å². The maximum absolute atomic E-state index is 14.2. The van der Waals surface area contributed by atoms with Crippen LogP contribution in [0.25, 0.3) is 0 Å². The number of piperidine rings is 3. The van der Waals surface area contributed by atoms with E-state index in [1.807, 2.05) is 23.6 Å². The van der Waals surface area contributed by atoms with Gasteiger partial charge < -0.3 is 19.6 Å². The van der Waals surface area contributed by atoms with Gasteiger partial charge in [-0.2, -0.15) is 0 Å². The van der Waals surface area contributed by atoms with Crippen LogP contribution in [0.5, 0.6) is 0 Å². The number of rotatable bonds is 9. The van der Waals surface area contributed by atoms with Crippen molar-refractivity contribution in [2.75, 3.05) is 32.7 Å². The van der Waals surface area contributed by atoms with E-state index in [2.05, 4.69) is 11.4 Å². The zero-order chi connectivity index (χ0) is 25.0. The Morgan fingerprint density at radius 1 is 0.972 bits per heavy atom. The van der Waals surface area contributed by atoms with E-state index in [9.17, 15) is 14.7 Å². The van der Waals surface area contributed by atoms with Crippen molar-refractivity contribution < 1.29 is 23.9 Å². The van der Waals surface area contributed by atoms with Crippen LogP contribution in [0.2, 0.25) is 0 Å². The molecule has 3 saturated heterocycles. The van der Waals surface area contributed by atoms with E-state index in [1.54, 1.807) is 59.9 Å². The molecule has 0 saturated carbocycles. The minimum absolute atomic E-state index is 0.0312. The molecule has 1 aromatic heterocycles. The maximum Gasteiger partial charge on any atom is 0.304 e. The summed E-state index contributed by atoms with van der Waals surface area (Å²) in [5.74, 6) is -0.507. The Kier molecular flexibility index (Phi) is 7.23. The highest BCUT2D eigenvalue weighted by Gasteiger charge is 2.49.